The van der Waals surface area contributed by atoms with Crippen molar-refractivity contribution in [1.82, 2.24) is 29.6 Å². The highest BCUT2D eigenvalue weighted by molar-refractivity contribution is 6.06. The fraction of sp³-hybridized carbons (Fsp3) is 0.231. The summed E-state index contributed by atoms with van der Waals surface area (Å²) in [6, 6.07) is 18.5. The van der Waals surface area contributed by atoms with Gasteiger partial charge in [-0.1, -0.05) is 36.4 Å². The van der Waals surface area contributed by atoms with Gasteiger partial charge in [0.15, 0.2) is 5.69 Å². The van der Waals surface area contributed by atoms with E-state index in [1.165, 1.54) is 5.56 Å². The number of fused-ring (bicyclic) bond motifs is 2. The number of H-pyrrole nitrogens is 1. The summed E-state index contributed by atoms with van der Waals surface area (Å²) in [6.45, 7) is 3.49. The van der Waals surface area contributed by atoms with E-state index < -0.39 is 0 Å². The molecule has 2 aromatic carbocycles. The molecule has 1 aliphatic rings. The first kappa shape index (κ1) is 19.7. The van der Waals surface area contributed by atoms with Gasteiger partial charge in [-0.05, 0) is 43.5 Å². The van der Waals surface area contributed by atoms with Crippen LogP contribution in [0.5, 0.6) is 0 Å². The molecule has 0 radical (unpaired) electrons. The van der Waals surface area contributed by atoms with Crippen LogP contribution in [0.1, 0.15) is 41.9 Å². The van der Waals surface area contributed by atoms with Crippen LogP contribution in [0.25, 0.3) is 33.2 Å². The highest BCUT2D eigenvalue weighted by atomic mass is 16.2. The van der Waals surface area contributed by atoms with Gasteiger partial charge in [-0.3, -0.25) is 9.48 Å². The number of carbonyl (C=O) groups is 1. The predicted octanol–water partition coefficient (Wildman–Crippen LogP) is 4.97. The molecule has 6 rings (SSSR count). The van der Waals surface area contributed by atoms with E-state index in [1.807, 2.05) is 65.2 Å². The minimum atomic E-state index is -0.00909. The maximum absolute atomic E-state index is 13.8. The maximum Gasteiger partial charge on any atom is 0.275 e. The Kier molecular flexibility index (Phi) is 4.68. The van der Waals surface area contributed by atoms with Crippen LogP contribution in [-0.2, 0) is 6.54 Å². The average molecular weight is 437 g/mol. The van der Waals surface area contributed by atoms with Crippen LogP contribution in [-0.4, -0.2) is 42.1 Å². The third kappa shape index (κ3) is 3.19. The van der Waals surface area contributed by atoms with Gasteiger partial charge in [-0.25, -0.2) is 9.97 Å². The fourth-order valence-corrected chi connectivity index (χ4v) is 5.00. The molecule has 1 fully saturated rings. The summed E-state index contributed by atoms with van der Waals surface area (Å²) in [7, 11) is 0. The van der Waals surface area contributed by atoms with Crippen molar-refractivity contribution in [1.29, 1.82) is 0 Å². The Morgan fingerprint density at radius 3 is 2.82 bits per heavy atom. The molecule has 3 aromatic heterocycles. The largest absolute Gasteiger partial charge is 0.346 e. The topological polar surface area (TPSA) is 79.7 Å². The summed E-state index contributed by atoms with van der Waals surface area (Å²) in [5.41, 5.74) is 5.23. The average Bonchev–Trinajstić information content (AvgIpc) is 3.61. The van der Waals surface area contributed by atoms with Gasteiger partial charge in [0.25, 0.3) is 5.91 Å². The standard InChI is InChI=1S/C26H24N6O/c1-2-32-22-11-10-18(23-19-12-13-27-25(19)29-16-28-23)15-20(22)24(30-32)26(33)31-14-6-9-21(31)17-7-4-3-5-8-17/h3-5,7-8,10-13,15-16,21H,2,6,9,14H2,1H3,(H,27,28,29). The van der Waals surface area contributed by atoms with Gasteiger partial charge in [-0.2, -0.15) is 5.10 Å². The number of likely N-dealkylation sites (tertiary alicyclic amines) is 1. The molecular formula is C26H24N6O. The van der Waals surface area contributed by atoms with Crippen molar-refractivity contribution in [2.24, 2.45) is 0 Å². The lowest BCUT2D eigenvalue weighted by molar-refractivity contribution is 0.0730. The van der Waals surface area contributed by atoms with E-state index in [9.17, 15) is 4.79 Å². The number of hydrogen-bond acceptors (Lipinski definition) is 4. The van der Waals surface area contributed by atoms with Crippen molar-refractivity contribution in [3.05, 3.63) is 78.4 Å². The van der Waals surface area contributed by atoms with Crippen LogP contribution in [0.15, 0.2) is 67.1 Å². The van der Waals surface area contributed by atoms with Crippen molar-refractivity contribution in [3.8, 4) is 11.3 Å². The normalized spacial score (nSPS) is 16.2. The number of amides is 1. The SMILES string of the molecule is CCn1nc(C(=O)N2CCCC2c2ccccc2)c2cc(-c3ncnc4[nH]ccc34)ccc21. The first-order valence-electron chi connectivity index (χ1n) is 11.4. The molecular weight excluding hydrogens is 412 g/mol. The molecule has 7 nitrogen and oxygen atoms in total. The molecule has 7 heteroatoms. The van der Waals surface area contributed by atoms with Crippen molar-refractivity contribution >= 4 is 27.8 Å². The van der Waals surface area contributed by atoms with Crippen LogP contribution < -0.4 is 0 Å². The lowest BCUT2D eigenvalue weighted by atomic mass is 10.0. The highest BCUT2D eigenvalue weighted by Gasteiger charge is 2.33. The van der Waals surface area contributed by atoms with Crippen molar-refractivity contribution in [2.75, 3.05) is 6.54 Å². The minimum absolute atomic E-state index is 0.00909. The predicted molar refractivity (Wildman–Crippen MR) is 128 cm³/mol. The van der Waals surface area contributed by atoms with Crippen LogP contribution in [0.2, 0.25) is 0 Å². The molecule has 1 saturated heterocycles. The van der Waals surface area contributed by atoms with Crippen molar-refractivity contribution in [3.63, 3.8) is 0 Å². The Morgan fingerprint density at radius 1 is 1.09 bits per heavy atom. The number of rotatable bonds is 4. The van der Waals surface area contributed by atoms with E-state index in [1.54, 1.807) is 6.33 Å². The molecule has 1 unspecified atom stereocenters. The van der Waals surface area contributed by atoms with Crippen LogP contribution in [0.4, 0.5) is 0 Å². The first-order chi connectivity index (χ1) is 16.2. The number of aromatic amines is 1. The van der Waals surface area contributed by atoms with Gasteiger partial charge in [0.1, 0.15) is 12.0 Å². The summed E-state index contributed by atoms with van der Waals surface area (Å²) in [5, 5.41) is 6.57. The van der Waals surface area contributed by atoms with Crippen LogP contribution >= 0.6 is 0 Å². The van der Waals surface area contributed by atoms with Crippen LogP contribution in [0.3, 0.4) is 0 Å². The maximum atomic E-state index is 13.8. The van der Waals surface area contributed by atoms with E-state index >= 15 is 0 Å². The molecule has 164 valence electrons. The zero-order valence-corrected chi connectivity index (χ0v) is 18.4. The van der Waals surface area contributed by atoms with Gasteiger partial charge in [0.2, 0.25) is 0 Å². The molecule has 5 aromatic rings. The van der Waals surface area contributed by atoms with E-state index in [0.717, 1.165) is 52.6 Å². The molecule has 1 aliphatic heterocycles. The summed E-state index contributed by atoms with van der Waals surface area (Å²) < 4.78 is 1.91. The zero-order valence-electron chi connectivity index (χ0n) is 18.4. The second-order valence-electron chi connectivity index (χ2n) is 8.43. The van der Waals surface area contributed by atoms with E-state index in [2.05, 4.69) is 27.1 Å². The Morgan fingerprint density at radius 2 is 1.97 bits per heavy atom. The van der Waals surface area contributed by atoms with Crippen molar-refractivity contribution in [2.45, 2.75) is 32.4 Å². The highest BCUT2D eigenvalue weighted by Crippen LogP contribution is 2.35. The molecule has 0 bridgehead atoms. The van der Waals surface area contributed by atoms with Gasteiger partial charge >= 0.3 is 0 Å². The lowest BCUT2D eigenvalue weighted by Crippen LogP contribution is -2.31. The number of hydrogen-bond donors (Lipinski definition) is 1. The second-order valence-corrected chi connectivity index (χ2v) is 8.43. The molecule has 4 heterocycles. The number of aromatic nitrogens is 5. The monoisotopic (exact) mass is 436 g/mol. The number of aryl methyl sites for hydroxylation is 1. The summed E-state index contributed by atoms with van der Waals surface area (Å²) >= 11 is 0. The number of nitrogens with zero attached hydrogens (tertiary/aromatic N) is 5. The van der Waals surface area contributed by atoms with E-state index in [4.69, 9.17) is 5.10 Å². The summed E-state index contributed by atoms with van der Waals surface area (Å²) in [5.74, 6) is -0.00909. The molecule has 0 aliphatic carbocycles. The van der Waals surface area contributed by atoms with Crippen LogP contribution in [0, 0.1) is 0 Å². The molecule has 1 N–H and O–H groups in total. The van der Waals surface area contributed by atoms with Crippen molar-refractivity contribution < 1.29 is 4.79 Å². The van der Waals surface area contributed by atoms with Gasteiger partial charge in [0, 0.05) is 35.6 Å². The Bertz CT molecular complexity index is 1470. The molecule has 0 spiro atoms. The quantitative estimate of drug-likeness (QED) is 0.431. The van der Waals surface area contributed by atoms with Gasteiger partial charge in [0.05, 0.1) is 17.3 Å². The third-order valence-corrected chi connectivity index (χ3v) is 6.58. The molecule has 1 atom stereocenters. The zero-order chi connectivity index (χ0) is 22.4. The minimum Gasteiger partial charge on any atom is -0.346 e. The molecule has 1 amide bonds. The summed E-state index contributed by atoms with van der Waals surface area (Å²) in [6.07, 6.45) is 5.40. The summed E-state index contributed by atoms with van der Waals surface area (Å²) in [4.78, 5) is 27.8. The number of benzene rings is 2. The molecule has 33 heavy (non-hydrogen) atoms. The number of carbonyl (C=O) groups excluding carboxylic acids is 1. The van der Waals surface area contributed by atoms with E-state index in [0.29, 0.717) is 12.2 Å². The fourth-order valence-electron chi connectivity index (χ4n) is 5.00. The Labute approximate surface area is 191 Å². The van der Waals surface area contributed by atoms with Gasteiger partial charge in [-0.15, -0.1) is 0 Å². The van der Waals surface area contributed by atoms with Gasteiger partial charge < -0.3 is 9.88 Å². The Hall–Kier alpha value is -4.00. The third-order valence-electron chi connectivity index (χ3n) is 6.58. The Balaban J connectivity index is 1.46. The number of nitrogens with one attached hydrogen (secondary N) is 1. The molecule has 0 saturated carbocycles. The second kappa shape index (κ2) is 7.85. The smallest absolute Gasteiger partial charge is 0.275 e. The lowest BCUT2D eigenvalue weighted by Gasteiger charge is -2.24. The van der Waals surface area contributed by atoms with E-state index in [-0.39, 0.29) is 11.9 Å². The first-order valence-corrected chi connectivity index (χ1v) is 11.4.